The van der Waals surface area contributed by atoms with Crippen molar-refractivity contribution >= 4 is 11.6 Å². The molecule has 0 fully saturated rings. The standard InChI is InChI=1S/C20H18F2N6O/c21-18(22)17-11-16(14-5-2-1-3-6-14)26-19-15(12-25-28(17)19)20(29)24-7-4-9-27-10-8-23-13-27/h1-3,5-6,8,10-13,18H,4,7,9H2,(H,24,29). The van der Waals surface area contributed by atoms with Gasteiger partial charge < -0.3 is 9.88 Å². The third-order valence-electron chi connectivity index (χ3n) is 4.47. The van der Waals surface area contributed by atoms with Crippen LogP contribution in [0.2, 0.25) is 0 Å². The van der Waals surface area contributed by atoms with Crippen molar-refractivity contribution in [2.45, 2.75) is 19.4 Å². The van der Waals surface area contributed by atoms with Gasteiger partial charge in [-0.3, -0.25) is 4.79 Å². The van der Waals surface area contributed by atoms with Gasteiger partial charge in [0.05, 0.1) is 18.2 Å². The molecule has 148 valence electrons. The van der Waals surface area contributed by atoms with Gasteiger partial charge in [-0.2, -0.15) is 5.10 Å². The number of hydrogen-bond donors (Lipinski definition) is 1. The van der Waals surface area contributed by atoms with Crippen LogP contribution >= 0.6 is 0 Å². The number of aromatic nitrogens is 5. The van der Waals surface area contributed by atoms with E-state index >= 15 is 0 Å². The van der Waals surface area contributed by atoms with Crippen LogP contribution in [0.15, 0.2) is 61.3 Å². The number of halogens is 2. The van der Waals surface area contributed by atoms with Crippen LogP contribution in [-0.2, 0) is 6.54 Å². The summed E-state index contributed by atoms with van der Waals surface area (Å²) in [6.45, 7) is 1.13. The van der Waals surface area contributed by atoms with Crippen LogP contribution in [0, 0.1) is 0 Å². The van der Waals surface area contributed by atoms with Crippen LogP contribution in [-0.4, -0.2) is 36.6 Å². The zero-order valence-electron chi connectivity index (χ0n) is 15.4. The number of rotatable bonds is 7. The lowest BCUT2D eigenvalue weighted by molar-refractivity contribution is 0.0954. The molecule has 0 radical (unpaired) electrons. The van der Waals surface area contributed by atoms with Gasteiger partial charge in [0.1, 0.15) is 11.3 Å². The highest BCUT2D eigenvalue weighted by molar-refractivity contribution is 5.99. The molecule has 0 aliphatic carbocycles. The first-order valence-corrected chi connectivity index (χ1v) is 9.09. The molecule has 4 rings (SSSR count). The predicted octanol–water partition coefficient (Wildman–Crippen LogP) is 3.35. The molecule has 0 atom stereocenters. The number of carbonyl (C=O) groups excluding carboxylic acids is 1. The van der Waals surface area contributed by atoms with Crippen molar-refractivity contribution in [3.8, 4) is 11.3 Å². The molecule has 9 heteroatoms. The first kappa shape index (κ1) is 18.7. The van der Waals surface area contributed by atoms with Crippen molar-refractivity contribution in [3.63, 3.8) is 0 Å². The van der Waals surface area contributed by atoms with Gasteiger partial charge in [-0.05, 0) is 12.5 Å². The quantitative estimate of drug-likeness (QED) is 0.486. The van der Waals surface area contributed by atoms with Gasteiger partial charge in [0, 0.05) is 31.0 Å². The van der Waals surface area contributed by atoms with Crippen molar-refractivity contribution < 1.29 is 13.6 Å². The highest BCUT2D eigenvalue weighted by Crippen LogP contribution is 2.26. The minimum atomic E-state index is -2.76. The molecule has 29 heavy (non-hydrogen) atoms. The third kappa shape index (κ3) is 3.98. The van der Waals surface area contributed by atoms with Crippen molar-refractivity contribution in [1.82, 2.24) is 29.5 Å². The summed E-state index contributed by atoms with van der Waals surface area (Å²) in [5.41, 5.74) is 1.00. The lowest BCUT2D eigenvalue weighted by Crippen LogP contribution is -2.25. The second-order valence-corrected chi connectivity index (χ2v) is 6.44. The summed E-state index contributed by atoms with van der Waals surface area (Å²) in [6, 6.07) is 10.3. The molecule has 0 saturated carbocycles. The normalized spacial score (nSPS) is 11.3. The summed E-state index contributed by atoms with van der Waals surface area (Å²) in [4.78, 5) is 21.0. The average Bonchev–Trinajstić information content (AvgIpc) is 3.40. The number of amides is 1. The number of aryl methyl sites for hydroxylation is 1. The molecule has 0 spiro atoms. The molecule has 4 aromatic rings. The third-order valence-corrected chi connectivity index (χ3v) is 4.47. The highest BCUT2D eigenvalue weighted by atomic mass is 19.3. The second-order valence-electron chi connectivity index (χ2n) is 6.44. The number of nitrogens with zero attached hydrogens (tertiary/aromatic N) is 5. The minimum Gasteiger partial charge on any atom is -0.352 e. The van der Waals surface area contributed by atoms with Crippen molar-refractivity contribution in [2.24, 2.45) is 0 Å². The first-order valence-electron chi connectivity index (χ1n) is 9.09. The van der Waals surface area contributed by atoms with Crippen molar-refractivity contribution in [3.05, 3.63) is 72.6 Å². The maximum atomic E-state index is 13.6. The van der Waals surface area contributed by atoms with Crippen LogP contribution in [0.25, 0.3) is 16.9 Å². The molecular weight excluding hydrogens is 378 g/mol. The number of benzene rings is 1. The topological polar surface area (TPSA) is 77.1 Å². The summed E-state index contributed by atoms with van der Waals surface area (Å²) in [6.07, 6.45) is 4.45. The van der Waals surface area contributed by atoms with E-state index in [0.29, 0.717) is 30.8 Å². The highest BCUT2D eigenvalue weighted by Gasteiger charge is 2.21. The molecule has 0 bridgehead atoms. The Morgan fingerprint density at radius 2 is 2.03 bits per heavy atom. The van der Waals surface area contributed by atoms with E-state index < -0.39 is 12.3 Å². The maximum Gasteiger partial charge on any atom is 0.280 e. The summed E-state index contributed by atoms with van der Waals surface area (Å²) in [5.74, 6) is -0.399. The van der Waals surface area contributed by atoms with E-state index in [4.69, 9.17) is 0 Å². The molecule has 1 amide bonds. The summed E-state index contributed by atoms with van der Waals surface area (Å²) < 4.78 is 30.1. The first-order chi connectivity index (χ1) is 14.1. The fourth-order valence-electron chi connectivity index (χ4n) is 3.04. The van der Waals surface area contributed by atoms with Crippen LogP contribution < -0.4 is 5.32 Å². The number of carbonyl (C=O) groups is 1. The molecule has 0 unspecified atom stereocenters. The van der Waals surface area contributed by atoms with E-state index in [0.717, 1.165) is 4.52 Å². The van der Waals surface area contributed by atoms with E-state index in [2.05, 4.69) is 20.4 Å². The number of alkyl halides is 2. The Kier molecular flexibility index (Phi) is 5.28. The molecule has 1 aromatic carbocycles. The zero-order chi connectivity index (χ0) is 20.2. The fourth-order valence-corrected chi connectivity index (χ4v) is 3.04. The lowest BCUT2D eigenvalue weighted by atomic mass is 10.1. The number of imidazole rings is 1. The Balaban J connectivity index is 1.59. The van der Waals surface area contributed by atoms with Gasteiger partial charge in [-0.25, -0.2) is 23.3 Å². The summed E-state index contributed by atoms with van der Waals surface area (Å²) >= 11 is 0. The smallest absolute Gasteiger partial charge is 0.280 e. The van der Waals surface area contributed by atoms with Gasteiger partial charge in [0.15, 0.2) is 5.65 Å². The van der Waals surface area contributed by atoms with Gasteiger partial charge in [-0.1, -0.05) is 30.3 Å². The van der Waals surface area contributed by atoms with Gasteiger partial charge >= 0.3 is 0 Å². The molecular formula is C20H18F2N6O. The Hall–Kier alpha value is -3.62. The largest absolute Gasteiger partial charge is 0.352 e. The van der Waals surface area contributed by atoms with Crippen molar-refractivity contribution in [2.75, 3.05) is 6.54 Å². The molecule has 0 saturated heterocycles. The Morgan fingerprint density at radius 1 is 1.21 bits per heavy atom. The molecule has 0 aliphatic rings. The average molecular weight is 396 g/mol. The number of nitrogens with one attached hydrogen (secondary N) is 1. The van der Waals surface area contributed by atoms with Gasteiger partial charge in [-0.15, -0.1) is 0 Å². The predicted molar refractivity (Wildman–Crippen MR) is 103 cm³/mol. The molecule has 3 heterocycles. The molecule has 1 N–H and O–H groups in total. The van der Waals surface area contributed by atoms with E-state index in [1.165, 1.54) is 12.3 Å². The molecule has 3 aromatic heterocycles. The van der Waals surface area contributed by atoms with Gasteiger partial charge in [0.2, 0.25) is 0 Å². The Bertz CT molecular complexity index is 1110. The number of fused-ring (bicyclic) bond motifs is 1. The molecule has 0 aliphatic heterocycles. The monoisotopic (exact) mass is 396 g/mol. The minimum absolute atomic E-state index is 0.105. The van der Waals surface area contributed by atoms with Crippen LogP contribution in [0.5, 0.6) is 0 Å². The van der Waals surface area contributed by atoms with Crippen LogP contribution in [0.3, 0.4) is 0 Å². The van der Waals surface area contributed by atoms with E-state index in [9.17, 15) is 13.6 Å². The Labute approximate surface area is 165 Å². The Morgan fingerprint density at radius 3 is 2.76 bits per heavy atom. The number of hydrogen-bond acceptors (Lipinski definition) is 4. The van der Waals surface area contributed by atoms with E-state index in [1.807, 2.05) is 16.8 Å². The van der Waals surface area contributed by atoms with Crippen molar-refractivity contribution in [1.29, 1.82) is 0 Å². The zero-order valence-corrected chi connectivity index (χ0v) is 15.4. The summed E-state index contributed by atoms with van der Waals surface area (Å²) in [7, 11) is 0. The second kappa shape index (κ2) is 8.17. The SMILES string of the molecule is O=C(NCCCn1ccnc1)c1cnn2c(C(F)F)cc(-c3ccccc3)nc12. The maximum absolute atomic E-state index is 13.6. The lowest BCUT2D eigenvalue weighted by Gasteiger charge is -2.09. The fraction of sp³-hybridized carbons (Fsp3) is 0.200. The van der Waals surface area contributed by atoms with Gasteiger partial charge in [0.25, 0.3) is 12.3 Å². The van der Waals surface area contributed by atoms with E-state index in [1.54, 1.807) is 36.8 Å². The molecule has 7 nitrogen and oxygen atoms in total. The van der Waals surface area contributed by atoms with E-state index in [-0.39, 0.29) is 16.9 Å². The van der Waals surface area contributed by atoms with Crippen LogP contribution in [0.4, 0.5) is 8.78 Å². The van der Waals surface area contributed by atoms with Crippen LogP contribution in [0.1, 0.15) is 28.9 Å². The summed E-state index contributed by atoms with van der Waals surface area (Å²) in [5, 5.41) is 6.76.